The summed E-state index contributed by atoms with van der Waals surface area (Å²) in [5, 5.41) is 3.42. The third-order valence-electron chi connectivity index (χ3n) is 3.85. The molecule has 0 unspecified atom stereocenters. The topological polar surface area (TPSA) is 21.3 Å². The van der Waals surface area contributed by atoms with Crippen LogP contribution in [0.15, 0.2) is 77.3 Å². The second kappa shape index (κ2) is 10.3. The van der Waals surface area contributed by atoms with Gasteiger partial charge < -0.3 is 10.1 Å². The molecule has 0 fully saturated rings. The maximum atomic E-state index is 13.7. The van der Waals surface area contributed by atoms with Crippen molar-refractivity contribution in [3.63, 3.8) is 0 Å². The number of nitrogens with one attached hydrogen (secondary N) is 1. The van der Waals surface area contributed by atoms with E-state index in [0.717, 1.165) is 22.3 Å². The summed E-state index contributed by atoms with van der Waals surface area (Å²) in [5.74, 6) is 0.510. The summed E-state index contributed by atoms with van der Waals surface area (Å²) >= 11 is 3.50. The summed E-state index contributed by atoms with van der Waals surface area (Å²) in [6.07, 6.45) is 0. The Hall–Kier alpha value is -1.88. The Morgan fingerprint density at radius 3 is 2.35 bits per heavy atom. The standard InChI is InChI=1S/C21H19BrFNO.ClH/c22-19-10-11-21(25-15-17-8-4-5-9-20(17)23)18(12-19)14-24-13-16-6-2-1-3-7-16;/h1-12,24H,13-15H2;1H. The first-order valence-electron chi connectivity index (χ1n) is 8.11. The molecular weight excluding hydrogens is 417 g/mol. The summed E-state index contributed by atoms with van der Waals surface area (Å²) in [6.45, 7) is 1.65. The van der Waals surface area contributed by atoms with Crippen LogP contribution < -0.4 is 10.1 Å². The normalized spacial score (nSPS) is 10.2. The van der Waals surface area contributed by atoms with E-state index < -0.39 is 0 Å². The van der Waals surface area contributed by atoms with Crippen LogP contribution in [0.1, 0.15) is 16.7 Å². The minimum Gasteiger partial charge on any atom is -0.488 e. The van der Waals surface area contributed by atoms with Gasteiger partial charge in [-0.05, 0) is 29.8 Å². The molecule has 0 aliphatic rings. The molecule has 1 N–H and O–H groups in total. The first kappa shape index (κ1) is 20.4. The Balaban J connectivity index is 0.00000243. The molecule has 0 atom stereocenters. The minimum atomic E-state index is -0.247. The highest BCUT2D eigenvalue weighted by molar-refractivity contribution is 9.10. The Bertz CT molecular complexity index is 829. The molecule has 0 aliphatic heterocycles. The molecule has 0 aromatic heterocycles. The first-order chi connectivity index (χ1) is 12.2. The Labute approximate surface area is 167 Å². The number of rotatable bonds is 7. The molecule has 0 radical (unpaired) electrons. The Kier molecular flexibility index (Phi) is 8.10. The van der Waals surface area contributed by atoms with E-state index >= 15 is 0 Å². The van der Waals surface area contributed by atoms with Crippen LogP contribution in [0, 0.1) is 5.82 Å². The van der Waals surface area contributed by atoms with Crippen molar-refractivity contribution in [2.24, 2.45) is 0 Å². The van der Waals surface area contributed by atoms with E-state index in [2.05, 4.69) is 33.4 Å². The quantitative estimate of drug-likeness (QED) is 0.499. The average molecular weight is 437 g/mol. The van der Waals surface area contributed by atoms with E-state index in [1.54, 1.807) is 12.1 Å². The molecule has 0 aliphatic carbocycles. The van der Waals surface area contributed by atoms with Crippen molar-refractivity contribution in [1.82, 2.24) is 5.32 Å². The zero-order valence-corrected chi connectivity index (χ0v) is 16.5. The molecule has 0 saturated heterocycles. The lowest BCUT2D eigenvalue weighted by atomic mass is 10.1. The first-order valence-corrected chi connectivity index (χ1v) is 8.91. The van der Waals surface area contributed by atoms with Gasteiger partial charge in [0.15, 0.2) is 0 Å². The fourth-order valence-electron chi connectivity index (χ4n) is 2.54. The van der Waals surface area contributed by atoms with E-state index in [1.807, 2.05) is 42.5 Å². The van der Waals surface area contributed by atoms with Crippen LogP contribution in [0.25, 0.3) is 0 Å². The summed E-state index contributed by atoms with van der Waals surface area (Å²) < 4.78 is 20.6. The highest BCUT2D eigenvalue weighted by atomic mass is 79.9. The van der Waals surface area contributed by atoms with Crippen molar-refractivity contribution in [3.8, 4) is 5.75 Å². The van der Waals surface area contributed by atoms with Crippen LogP contribution in [0.5, 0.6) is 5.75 Å². The fourth-order valence-corrected chi connectivity index (χ4v) is 2.94. The summed E-state index contributed by atoms with van der Waals surface area (Å²) in [4.78, 5) is 0. The lowest BCUT2D eigenvalue weighted by Gasteiger charge is -2.13. The number of ether oxygens (including phenoxy) is 1. The van der Waals surface area contributed by atoms with Crippen molar-refractivity contribution in [3.05, 3.63) is 99.8 Å². The van der Waals surface area contributed by atoms with Crippen molar-refractivity contribution in [1.29, 1.82) is 0 Å². The van der Waals surface area contributed by atoms with Crippen LogP contribution in [0.2, 0.25) is 0 Å². The van der Waals surface area contributed by atoms with Crippen LogP contribution >= 0.6 is 28.3 Å². The summed E-state index contributed by atoms with van der Waals surface area (Å²) in [7, 11) is 0. The van der Waals surface area contributed by atoms with E-state index in [0.29, 0.717) is 12.1 Å². The maximum Gasteiger partial charge on any atom is 0.129 e. The highest BCUT2D eigenvalue weighted by Crippen LogP contribution is 2.24. The van der Waals surface area contributed by atoms with E-state index in [9.17, 15) is 4.39 Å². The molecule has 0 bridgehead atoms. The van der Waals surface area contributed by atoms with Gasteiger partial charge in [-0.25, -0.2) is 4.39 Å². The second-order valence-electron chi connectivity index (χ2n) is 5.72. The van der Waals surface area contributed by atoms with Crippen molar-refractivity contribution < 1.29 is 9.13 Å². The number of benzene rings is 3. The second-order valence-corrected chi connectivity index (χ2v) is 6.64. The lowest BCUT2D eigenvalue weighted by Crippen LogP contribution is -2.13. The predicted octanol–water partition coefficient (Wildman–Crippen LogP) is 5.88. The van der Waals surface area contributed by atoms with Crippen LogP contribution in [-0.4, -0.2) is 0 Å². The van der Waals surface area contributed by atoms with Gasteiger partial charge in [-0.2, -0.15) is 0 Å². The van der Waals surface area contributed by atoms with Gasteiger partial charge in [0, 0.05) is 28.7 Å². The van der Waals surface area contributed by atoms with E-state index in [-0.39, 0.29) is 24.8 Å². The molecular formula is C21H20BrClFNO. The third-order valence-corrected chi connectivity index (χ3v) is 4.34. The zero-order valence-electron chi connectivity index (χ0n) is 14.1. The van der Waals surface area contributed by atoms with Crippen molar-refractivity contribution >= 4 is 28.3 Å². The molecule has 3 rings (SSSR count). The van der Waals surface area contributed by atoms with Crippen LogP contribution in [0.4, 0.5) is 4.39 Å². The van der Waals surface area contributed by atoms with Gasteiger partial charge in [-0.15, -0.1) is 12.4 Å². The maximum absolute atomic E-state index is 13.7. The molecule has 3 aromatic rings. The predicted molar refractivity (Wildman–Crippen MR) is 109 cm³/mol. The smallest absolute Gasteiger partial charge is 0.129 e. The van der Waals surface area contributed by atoms with E-state index in [1.165, 1.54) is 11.6 Å². The van der Waals surface area contributed by atoms with Crippen molar-refractivity contribution in [2.75, 3.05) is 0 Å². The molecule has 5 heteroatoms. The highest BCUT2D eigenvalue weighted by Gasteiger charge is 2.07. The molecule has 0 saturated carbocycles. The van der Waals surface area contributed by atoms with Gasteiger partial charge in [0.25, 0.3) is 0 Å². The number of halogens is 3. The molecule has 26 heavy (non-hydrogen) atoms. The summed E-state index contributed by atoms with van der Waals surface area (Å²) in [6, 6.07) is 22.8. The van der Waals surface area contributed by atoms with Crippen LogP contribution in [0.3, 0.4) is 0 Å². The molecule has 3 aromatic carbocycles. The van der Waals surface area contributed by atoms with Gasteiger partial charge in [-0.1, -0.05) is 64.5 Å². The molecule has 136 valence electrons. The van der Waals surface area contributed by atoms with Gasteiger partial charge in [-0.3, -0.25) is 0 Å². The molecule has 0 amide bonds. The summed E-state index contributed by atoms with van der Waals surface area (Å²) in [5.41, 5.74) is 2.81. The molecule has 0 spiro atoms. The molecule has 0 heterocycles. The third kappa shape index (κ3) is 5.84. The van der Waals surface area contributed by atoms with Crippen molar-refractivity contribution in [2.45, 2.75) is 19.7 Å². The van der Waals surface area contributed by atoms with Gasteiger partial charge >= 0.3 is 0 Å². The van der Waals surface area contributed by atoms with Gasteiger partial charge in [0.2, 0.25) is 0 Å². The SMILES string of the molecule is Cl.Fc1ccccc1COc1ccc(Br)cc1CNCc1ccccc1. The van der Waals surface area contributed by atoms with Gasteiger partial charge in [0.05, 0.1) is 0 Å². The zero-order chi connectivity index (χ0) is 17.5. The molecule has 2 nitrogen and oxygen atoms in total. The van der Waals surface area contributed by atoms with Gasteiger partial charge in [0.1, 0.15) is 18.2 Å². The Morgan fingerprint density at radius 2 is 1.58 bits per heavy atom. The number of hydrogen-bond donors (Lipinski definition) is 1. The minimum absolute atomic E-state index is 0. The average Bonchev–Trinajstić information content (AvgIpc) is 2.63. The van der Waals surface area contributed by atoms with E-state index in [4.69, 9.17) is 4.74 Å². The number of hydrogen-bond acceptors (Lipinski definition) is 2. The lowest BCUT2D eigenvalue weighted by molar-refractivity contribution is 0.296. The largest absolute Gasteiger partial charge is 0.488 e. The Morgan fingerprint density at radius 1 is 0.846 bits per heavy atom. The van der Waals surface area contributed by atoms with Crippen LogP contribution in [-0.2, 0) is 19.7 Å². The monoisotopic (exact) mass is 435 g/mol. The fraction of sp³-hybridized carbons (Fsp3) is 0.143.